The number of nitro groups is 1. The van der Waals surface area contributed by atoms with Gasteiger partial charge in [-0.15, -0.1) is 0 Å². The zero-order valence-electron chi connectivity index (χ0n) is 9.38. The Balaban J connectivity index is 2.23. The van der Waals surface area contributed by atoms with E-state index in [4.69, 9.17) is 11.6 Å². The second-order valence-electron chi connectivity index (χ2n) is 4.11. The summed E-state index contributed by atoms with van der Waals surface area (Å²) in [5.41, 5.74) is 0.0642. The zero-order chi connectivity index (χ0) is 13.3. The molecule has 1 aliphatic heterocycles. The molecule has 1 aromatic carbocycles. The van der Waals surface area contributed by atoms with Crippen molar-refractivity contribution in [2.24, 2.45) is 0 Å². The van der Waals surface area contributed by atoms with Gasteiger partial charge in [-0.1, -0.05) is 11.6 Å². The second-order valence-corrected chi connectivity index (χ2v) is 4.52. The standard InChI is InChI=1S/C11H11ClN2O4/c12-10-5-7(14(17)18)1-2-9(10)11(16)13-4-3-8(15)6-13/h1-2,5,8,15H,3-4,6H2/t8-/m1/s1. The maximum Gasteiger partial charge on any atom is 0.270 e. The number of hydrogen-bond acceptors (Lipinski definition) is 4. The van der Waals surface area contributed by atoms with E-state index >= 15 is 0 Å². The van der Waals surface area contributed by atoms with Crippen molar-refractivity contribution in [1.82, 2.24) is 4.90 Å². The minimum atomic E-state index is -0.570. The van der Waals surface area contributed by atoms with Crippen molar-refractivity contribution in [2.45, 2.75) is 12.5 Å². The fourth-order valence-corrected chi connectivity index (χ4v) is 2.14. The molecule has 1 aliphatic rings. The average Bonchev–Trinajstić information content (AvgIpc) is 2.74. The molecule has 0 bridgehead atoms. The molecule has 2 rings (SSSR count). The summed E-state index contributed by atoms with van der Waals surface area (Å²) in [6.45, 7) is 0.736. The lowest BCUT2D eigenvalue weighted by Gasteiger charge is -2.16. The molecule has 1 fully saturated rings. The number of benzene rings is 1. The van der Waals surface area contributed by atoms with Gasteiger partial charge in [0.05, 0.1) is 21.6 Å². The molecular formula is C11H11ClN2O4. The molecule has 0 spiro atoms. The molecule has 1 aromatic rings. The highest BCUT2D eigenvalue weighted by atomic mass is 35.5. The lowest BCUT2D eigenvalue weighted by atomic mass is 10.2. The Morgan fingerprint density at radius 3 is 2.78 bits per heavy atom. The molecule has 18 heavy (non-hydrogen) atoms. The number of aliphatic hydroxyl groups excluding tert-OH is 1. The summed E-state index contributed by atoms with van der Waals surface area (Å²) in [6, 6.07) is 3.74. The molecule has 0 aliphatic carbocycles. The van der Waals surface area contributed by atoms with Crippen LogP contribution < -0.4 is 0 Å². The molecule has 1 saturated heterocycles. The molecule has 1 N–H and O–H groups in total. The van der Waals surface area contributed by atoms with Gasteiger partial charge in [0.1, 0.15) is 0 Å². The van der Waals surface area contributed by atoms with Crippen LogP contribution in [0.3, 0.4) is 0 Å². The molecule has 1 heterocycles. The molecule has 0 saturated carbocycles. The molecule has 1 atom stereocenters. The fourth-order valence-electron chi connectivity index (χ4n) is 1.89. The first-order valence-corrected chi connectivity index (χ1v) is 5.78. The number of aliphatic hydroxyl groups is 1. The van der Waals surface area contributed by atoms with E-state index < -0.39 is 11.0 Å². The summed E-state index contributed by atoms with van der Waals surface area (Å²) >= 11 is 5.87. The van der Waals surface area contributed by atoms with E-state index in [-0.39, 0.29) is 28.7 Å². The van der Waals surface area contributed by atoms with Crippen LogP contribution in [0.4, 0.5) is 5.69 Å². The van der Waals surface area contributed by atoms with Crippen LogP contribution >= 0.6 is 11.6 Å². The fraction of sp³-hybridized carbons (Fsp3) is 0.364. The number of non-ortho nitro benzene ring substituents is 1. The number of rotatable bonds is 2. The molecule has 6 nitrogen and oxygen atoms in total. The SMILES string of the molecule is O=C(c1ccc([N+](=O)[O-])cc1Cl)N1CC[C@@H](O)C1. The Morgan fingerprint density at radius 2 is 2.28 bits per heavy atom. The van der Waals surface area contributed by atoms with Crippen LogP contribution in [0.25, 0.3) is 0 Å². The molecule has 0 unspecified atom stereocenters. The topological polar surface area (TPSA) is 83.7 Å². The van der Waals surface area contributed by atoms with Crippen molar-refractivity contribution in [3.63, 3.8) is 0 Å². The smallest absolute Gasteiger partial charge is 0.270 e. The summed E-state index contributed by atoms with van der Waals surface area (Å²) in [5, 5.41) is 20.0. The van der Waals surface area contributed by atoms with E-state index in [0.29, 0.717) is 13.0 Å². The van der Waals surface area contributed by atoms with Crippen molar-refractivity contribution in [2.75, 3.05) is 13.1 Å². The van der Waals surface area contributed by atoms with Crippen LogP contribution in [0.1, 0.15) is 16.8 Å². The van der Waals surface area contributed by atoms with E-state index in [2.05, 4.69) is 0 Å². The number of hydrogen-bond donors (Lipinski definition) is 1. The number of halogens is 1. The Bertz CT molecular complexity index is 506. The van der Waals surface area contributed by atoms with Crippen LogP contribution in [-0.2, 0) is 0 Å². The van der Waals surface area contributed by atoms with E-state index in [1.54, 1.807) is 0 Å². The molecule has 1 amide bonds. The van der Waals surface area contributed by atoms with Crippen molar-refractivity contribution in [1.29, 1.82) is 0 Å². The molecule has 96 valence electrons. The Labute approximate surface area is 108 Å². The highest BCUT2D eigenvalue weighted by molar-refractivity contribution is 6.34. The first-order chi connectivity index (χ1) is 8.49. The second kappa shape index (κ2) is 4.91. The molecule has 0 aromatic heterocycles. The third kappa shape index (κ3) is 2.44. The van der Waals surface area contributed by atoms with Gasteiger partial charge in [0.25, 0.3) is 11.6 Å². The predicted molar refractivity (Wildman–Crippen MR) is 64.6 cm³/mol. The van der Waals surface area contributed by atoms with Gasteiger partial charge in [-0.2, -0.15) is 0 Å². The molecule has 7 heteroatoms. The van der Waals surface area contributed by atoms with Gasteiger partial charge in [-0.3, -0.25) is 14.9 Å². The number of carbonyl (C=O) groups excluding carboxylic acids is 1. The summed E-state index contributed by atoms with van der Waals surface area (Å²) < 4.78 is 0. The van der Waals surface area contributed by atoms with Gasteiger partial charge in [0, 0.05) is 25.2 Å². The first-order valence-electron chi connectivity index (χ1n) is 5.40. The quantitative estimate of drug-likeness (QED) is 0.651. The normalized spacial score (nSPS) is 19.0. The molecule has 0 radical (unpaired) electrons. The van der Waals surface area contributed by atoms with E-state index in [9.17, 15) is 20.0 Å². The minimum absolute atomic E-state index is 0.0515. The Hall–Kier alpha value is -1.66. The average molecular weight is 271 g/mol. The molecular weight excluding hydrogens is 260 g/mol. The van der Waals surface area contributed by atoms with Gasteiger partial charge in [0.15, 0.2) is 0 Å². The number of nitrogens with zero attached hydrogens (tertiary/aromatic N) is 2. The predicted octanol–water partition coefficient (Wildman–Crippen LogP) is 1.45. The first kappa shape index (κ1) is 12.8. The Kier molecular flexibility index (Phi) is 3.49. The van der Waals surface area contributed by atoms with E-state index in [1.165, 1.54) is 17.0 Å². The van der Waals surface area contributed by atoms with Crippen molar-refractivity contribution in [3.05, 3.63) is 38.9 Å². The van der Waals surface area contributed by atoms with Crippen LogP contribution in [-0.4, -0.2) is 40.0 Å². The van der Waals surface area contributed by atoms with E-state index in [1.807, 2.05) is 0 Å². The Morgan fingerprint density at radius 1 is 1.56 bits per heavy atom. The van der Waals surface area contributed by atoms with Gasteiger partial charge in [0.2, 0.25) is 0 Å². The summed E-state index contributed by atoms with van der Waals surface area (Å²) in [6.07, 6.45) is 0.0295. The van der Waals surface area contributed by atoms with Crippen LogP contribution in [0.5, 0.6) is 0 Å². The van der Waals surface area contributed by atoms with Crippen molar-refractivity contribution < 1.29 is 14.8 Å². The summed E-state index contributed by atoms with van der Waals surface area (Å²) in [5.74, 6) is -0.313. The van der Waals surface area contributed by atoms with Crippen LogP contribution in [0.15, 0.2) is 18.2 Å². The van der Waals surface area contributed by atoms with Crippen molar-refractivity contribution >= 4 is 23.2 Å². The number of β-amino-alcohol motifs (C(OH)–C–C–N with tert-alkyl or cyclic N) is 1. The number of carbonyl (C=O) groups is 1. The highest BCUT2D eigenvalue weighted by Crippen LogP contribution is 2.24. The van der Waals surface area contributed by atoms with Gasteiger partial charge >= 0.3 is 0 Å². The highest BCUT2D eigenvalue weighted by Gasteiger charge is 2.27. The lowest BCUT2D eigenvalue weighted by molar-refractivity contribution is -0.384. The zero-order valence-corrected chi connectivity index (χ0v) is 10.1. The summed E-state index contributed by atoms with van der Waals surface area (Å²) in [7, 11) is 0. The maximum absolute atomic E-state index is 12.1. The van der Waals surface area contributed by atoms with Crippen LogP contribution in [0, 0.1) is 10.1 Å². The van der Waals surface area contributed by atoms with Gasteiger partial charge in [-0.25, -0.2) is 0 Å². The third-order valence-corrected chi connectivity index (χ3v) is 3.16. The number of likely N-dealkylation sites (tertiary alicyclic amines) is 1. The maximum atomic E-state index is 12.1. The van der Waals surface area contributed by atoms with Crippen molar-refractivity contribution in [3.8, 4) is 0 Å². The number of nitro benzene ring substituents is 1. The monoisotopic (exact) mass is 270 g/mol. The van der Waals surface area contributed by atoms with Crippen LogP contribution in [0.2, 0.25) is 5.02 Å². The van der Waals surface area contributed by atoms with E-state index in [0.717, 1.165) is 6.07 Å². The number of amides is 1. The van der Waals surface area contributed by atoms with Gasteiger partial charge < -0.3 is 10.0 Å². The largest absolute Gasteiger partial charge is 0.391 e. The summed E-state index contributed by atoms with van der Waals surface area (Å²) in [4.78, 5) is 23.5. The minimum Gasteiger partial charge on any atom is -0.391 e. The third-order valence-electron chi connectivity index (χ3n) is 2.84. The lowest BCUT2D eigenvalue weighted by Crippen LogP contribution is -2.29. The van der Waals surface area contributed by atoms with Gasteiger partial charge in [-0.05, 0) is 12.5 Å².